The number of aromatic nitrogens is 1. The minimum atomic E-state index is -3.02. The van der Waals surface area contributed by atoms with Gasteiger partial charge in [-0.1, -0.05) is 11.6 Å². The molecule has 1 aliphatic heterocycles. The minimum Gasteiger partial charge on any atom is -0.373 e. The summed E-state index contributed by atoms with van der Waals surface area (Å²) in [5.41, 5.74) is 0.390. The van der Waals surface area contributed by atoms with Crippen molar-refractivity contribution in [1.29, 1.82) is 0 Å². The maximum absolute atomic E-state index is 12.4. The van der Waals surface area contributed by atoms with Crippen molar-refractivity contribution in [2.45, 2.75) is 12.5 Å². The molecule has 1 atom stereocenters. The normalized spacial score (nSPS) is 20.6. The molecule has 2 heterocycles. The van der Waals surface area contributed by atoms with E-state index in [1.54, 1.807) is 20.2 Å². The van der Waals surface area contributed by atoms with Gasteiger partial charge in [0.05, 0.1) is 11.5 Å². The average Bonchev–Trinajstić information content (AvgIpc) is 2.76. The number of carbonyl (C=O) groups is 1. The Morgan fingerprint density at radius 1 is 1.50 bits per heavy atom. The number of hydrogen-bond acceptors (Lipinski definition) is 5. The summed E-state index contributed by atoms with van der Waals surface area (Å²) >= 11 is 5.86. The van der Waals surface area contributed by atoms with Crippen LogP contribution in [0.3, 0.4) is 0 Å². The van der Waals surface area contributed by atoms with Crippen LogP contribution in [0, 0.1) is 0 Å². The maximum Gasteiger partial charge on any atom is 0.254 e. The van der Waals surface area contributed by atoms with Crippen LogP contribution in [-0.2, 0) is 9.84 Å². The average molecular weight is 318 g/mol. The molecule has 1 unspecified atom stereocenters. The Morgan fingerprint density at radius 3 is 2.75 bits per heavy atom. The van der Waals surface area contributed by atoms with Gasteiger partial charge in [0.25, 0.3) is 5.91 Å². The first-order valence-corrected chi connectivity index (χ1v) is 8.35. The molecular weight excluding hydrogens is 302 g/mol. The Labute approximate surface area is 123 Å². The molecular formula is C12H16ClN3O3S. The molecule has 110 valence electrons. The number of amides is 1. The third-order valence-electron chi connectivity index (χ3n) is 3.37. The number of nitrogens with one attached hydrogen (secondary N) is 1. The molecule has 6 nitrogen and oxygen atoms in total. The van der Waals surface area contributed by atoms with Crippen molar-refractivity contribution in [2.24, 2.45) is 0 Å². The largest absolute Gasteiger partial charge is 0.373 e. The van der Waals surface area contributed by atoms with Gasteiger partial charge in [-0.3, -0.25) is 4.79 Å². The van der Waals surface area contributed by atoms with Crippen molar-refractivity contribution in [3.63, 3.8) is 0 Å². The summed E-state index contributed by atoms with van der Waals surface area (Å²) in [6, 6.07) is 2.79. The molecule has 0 radical (unpaired) electrons. The van der Waals surface area contributed by atoms with Crippen LogP contribution in [-0.4, -0.2) is 55.9 Å². The van der Waals surface area contributed by atoms with Gasteiger partial charge in [0.1, 0.15) is 11.0 Å². The molecule has 1 fully saturated rings. The lowest BCUT2D eigenvalue weighted by Gasteiger charge is -2.23. The van der Waals surface area contributed by atoms with Gasteiger partial charge in [0, 0.05) is 25.7 Å². The Hall–Kier alpha value is -1.34. The lowest BCUT2D eigenvalue weighted by Crippen LogP contribution is -2.37. The fourth-order valence-corrected chi connectivity index (χ4v) is 4.18. The molecule has 1 aromatic heterocycles. The smallest absolute Gasteiger partial charge is 0.254 e. The second-order valence-electron chi connectivity index (χ2n) is 4.79. The van der Waals surface area contributed by atoms with E-state index in [4.69, 9.17) is 11.6 Å². The van der Waals surface area contributed by atoms with E-state index in [2.05, 4.69) is 10.3 Å². The Morgan fingerprint density at radius 2 is 2.20 bits per heavy atom. The zero-order chi connectivity index (χ0) is 14.9. The van der Waals surface area contributed by atoms with Gasteiger partial charge < -0.3 is 10.2 Å². The quantitative estimate of drug-likeness (QED) is 0.843. The number of nitrogens with zero attached hydrogens (tertiary/aromatic N) is 2. The standard InChI is InChI=1S/C12H16ClN3O3S/c1-14-11-6-8(5-10(13)15-11)12(17)16(2)9-3-4-20(18,19)7-9/h5-6,9H,3-4,7H2,1-2H3,(H,14,15). The molecule has 2 rings (SSSR count). The molecule has 1 amide bonds. The fourth-order valence-electron chi connectivity index (χ4n) is 2.20. The van der Waals surface area contributed by atoms with Crippen molar-refractivity contribution in [2.75, 3.05) is 30.9 Å². The van der Waals surface area contributed by atoms with Gasteiger partial charge in [-0.2, -0.15) is 0 Å². The SMILES string of the molecule is CNc1cc(C(=O)N(C)C2CCS(=O)(=O)C2)cc(Cl)n1. The number of rotatable bonds is 3. The van der Waals surface area contributed by atoms with Gasteiger partial charge in [0.2, 0.25) is 0 Å². The summed E-state index contributed by atoms with van der Waals surface area (Å²) in [7, 11) is 0.271. The molecule has 8 heteroatoms. The number of sulfone groups is 1. The van der Waals surface area contributed by atoms with Crippen LogP contribution in [0.1, 0.15) is 16.8 Å². The molecule has 1 N–H and O–H groups in total. The summed E-state index contributed by atoms with van der Waals surface area (Å²) < 4.78 is 23.0. The van der Waals surface area contributed by atoms with Crippen molar-refractivity contribution in [3.05, 3.63) is 22.8 Å². The van der Waals surface area contributed by atoms with Gasteiger partial charge >= 0.3 is 0 Å². The van der Waals surface area contributed by atoms with Crippen LogP contribution in [0.4, 0.5) is 5.82 Å². The number of hydrogen-bond donors (Lipinski definition) is 1. The van der Waals surface area contributed by atoms with E-state index in [1.165, 1.54) is 11.0 Å². The zero-order valence-corrected chi connectivity index (χ0v) is 12.8. The first-order valence-electron chi connectivity index (χ1n) is 6.15. The number of carbonyl (C=O) groups excluding carboxylic acids is 1. The van der Waals surface area contributed by atoms with Crippen molar-refractivity contribution in [3.8, 4) is 0 Å². The van der Waals surface area contributed by atoms with E-state index in [-0.39, 0.29) is 28.6 Å². The highest BCUT2D eigenvalue weighted by atomic mass is 35.5. The molecule has 0 bridgehead atoms. The van der Waals surface area contributed by atoms with Gasteiger partial charge in [-0.25, -0.2) is 13.4 Å². The number of anilines is 1. The van der Waals surface area contributed by atoms with Gasteiger partial charge in [-0.15, -0.1) is 0 Å². The van der Waals surface area contributed by atoms with Crippen LogP contribution in [0.5, 0.6) is 0 Å². The second-order valence-corrected chi connectivity index (χ2v) is 7.40. The predicted octanol–water partition coefficient (Wildman–Crippen LogP) is 1.04. The molecule has 1 aliphatic rings. The van der Waals surface area contributed by atoms with Crippen molar-refractivity contribution in [1.82, 2.24) is 9.88 Å². The Kier molecular flexibility index (Phi) is 4.19. The van der Waals surface area contributed by atoms with E-state index in [9.17, 15) is 13.2 Å². The molecule has 20 heavy (non-hydrogen) atoms. The fraction of sp³-hybridized carbons (Fsp3) is 0.500. The summed E-state index contributed by atoms with van der Waals surface area (Å²) in [6.45, 7) is 0. The molecule has 0 aliphatic carbocycles. The highest BCUT2D eigenvalue weighted by Crippen LogP contribution is 2.20. The second kappa shape index (κ2) is 5.57. The first-order chi connectivity index (χ1) is 9.32. The molecule has 0 spiro atoms. The van der Waals surface area contributed by atoms with Crippen molar-refractivity contribution < 1.29 is 13.2 Å². The molecule has 1 saturated heterocycles. The van der Waals surface area contributed by atoms with Crippen molar-refractivity contribution >= 4 is 33.2 Å². The van der Waals surface area contributed by atoms with Crippen LogP contribution in [0.2, 0.25) is 5.15 Å². The van der Waals surface area contributed by atoms with Crippen LogP contribution in [0.15, 0.2) is 12.1 Å². The predicted molar refractivity (Wildman–Crippen MR) is 77.9 cm³/mol. The lowest BCUT2D eigenvalue weighted by atomic mass is 10.2. The van der Waals surface area contributed by atoms with E-state index in [0.29, 0.717) is 17.8 Å². The highest BCUT2D eigenvalue weighted by Gasteiger charge is 2.33. The van der Waals surface area contributed by atoms with Gasteiger partial charge in [-0.05, 0) is 18.6 Å². The monoisotopic (exact) mass is 317 g/mol. The Bertz CT molecular complexity index is 633. The van der Waals surface area contributed by atoms with Crippen LogP contribution < -0.4 is 5.32 Å². The van der Waals surface area contributed by atoms with E-state index < -0.39 is 9.84 Å². The zero-order valence-electron chi connectivity index (χ0n) is 11.3. The number of pyridine rings is 1. The molecule has 0 saturated carbocycles. The van der Waals surface area contributed by atoms with E-state index in [1.807, 2.05) is 0 Å². The maximum atomic E-state index is 12.4. The topological polar surface area (TPSA) is 79.4 Å². The molecule has 0 aromatic carbocycles. The Balaban J connectivity index is 2.21. The summed E-state index contributed by atoms with van der Waals surface area (Å²) in [5.74, 6) is 0.391. The third-order valence-corrected chi connectivity index (χ3v) is 5.32. The highest BCUT2D eigenvalue weighted by molar-refractivity contribution is 7.91. The molecule has 1 aromatic rings. The number of halogens is 1. The lowest BCUT2D eigenvalue weighted by molar-refractivity contribution is 0.0747. The van der Waals surface area contributed by atoms with E-state index in [0.717, 1.165) is 0 Å². The van der Waals surface area contributed by atoms with Crippen LogP contribution >= 0.6 is 11.6 Å². The summed E-state index contributed by atoms with van der Waals surface area (Å²) in [6.07, 6.45) is 0.474. The van der Waals surface area contributed by atoms with E-state index >= 15 is 0 Å². The van der Waals surface area contributed by atoms with Crippen LogP contribution in [0.25, 0.3) is 0 Å². The van der Waals surface area contributed by atoms with Gasteiger partial charge in [0.15, 0.2) is 9.84 Å². The summed E-state index contributed by atoms with van der Waals surface area (Å²) in [4.78, 5) is 17.9. The minimum absolute atomic E-state index is 0.0208. The third kappa shape index (κ3) is 3.21. The first kappa shape index (κ1) is 15.1. The summed E-state index contributed by atoms with van der Waals surface area (Å²) in [5, 5.41) is 3.04.